The van der Waals surface area contributed by atoms with Gasteiger partial charge in [-0.2, -0.15) is 0 Å². The minimum atomic E-state index is -0.890. The Kier molecular flexibility index (Phi) is 6.00. The lowest BCUT2D eigenvalue weighted by Crippen LogP contribution is -2.23. The predicted octanol–water partition coefficient (Wildman–Crippen LogP) is 0.309. The number of hydrogen-bond donors (Lipinski definition) is 2. The molecule has 0 aliphatic heterocycles. The molecule has 0 aromatic rings. The normalized spacial score (nSPS) is 9.42. The van der Waals surface area contributed by atoms with Crippen LogP contribution in [0.2, 0.25) is 0 Å². The van der Waals surface area contributed by atoms with E-state index in [0.717, 1.165) is 0 Å². The van der Waals surface area contributed by atoms with Crippen LogP contribution in [0.4, 0.5) is 0 Å². The molecule has 0 saturated carbocycles. The van der Waals surface area contributed by atoms with Crippen molar-refractivity contribution in [3.8, 4) is 0 Å². The monoisotopic (exact) mass is 175 g/mol. The second kappa shape index (κ2) is 6.60. The number of carboxylic acid groups (broad SMARTS) is 1. The quantitative estimate of drug-likeness (QED) is 0.569. The van der Waals surface area contributed by atoms with E-state index in [1.54, 1.807) is 6.92 Å². The van der Waals surface area contributed by atoms with Gasteiger partial charge in [-0.3, -0.25) is 14.4 Å². The molecule has 0 rings (SSSR count). The van der Waals surface area contributed by atoms with E-state index in [1.807, 2.05) is 0 Å². The van der Waals surface area contributed by atoms with Gasteiger partial charge in [0, 0.05) is 12.8 Å². The molecule has 70 valence electrons. The highest BCUT2D eigenvalue weighted by Crippen LogP contribution is 1.94. The van der Waals surface area contributed by atoms with E-state index in [9.17, 15) is 9.59 Å². The van der Waals surface area contributed by atoms with Gasteiger partial charge in [-0.25, -0.2) is 5.48 Å². The summed E-state index contributed by atoms with van der Waals surface area (Å²) in [6.07, 6.45) is 0.542. The van der Waals surface area contributed by atoms with Crippen LogP contribution >= 0.6 is 0 Å². The highest BCUT2D eigenvalue weighted by atomic mass is 16.6. The van der Waals surface area contributed by atoms with Gasteiger partial charge in [0.1, 0.15) is 0 Å². The summed E-state index contributed by atoms with van der Waals surface area (Å²) >= 11 is 0. The van der Waals surface area contributed by atoms with Crippen molar-refractivity contribution in [1.82, 2.24) is 5.48 Å². The van der Waals surface area contributed by atoms with Crippen LogP contribution in [0, 0.1) is 0 Å². The average Bonchev–Trinajstić information content (AvgIpc) is 2.00. The van der Waals surface area contributed by atoms with E-state index in [2.05, 4.69) is 10.3 Å². The van der Waals surface area contributed by atoms with Gasteiger partial charge >= 0.3 is 5.97 Å². The fraction of sp³-hybridized carbons (Fsp3) is 0.714. The van der Waals surface area contributed by atoms with Crippen LogP contribution in [0.5, 0.6) is 0 Å². The number of carbonyl (C=O) groups excluding carboxylic acids is 1. The molecule has 5 nitrogen and oxygen atoms in total. The smallest absolute Gasteiger partial charge is 0.303 e. The SMILES string of the molecule is CCONC(=O)CCCC(=O)O. The zero-order valence-electron chi connectivity index (χ0n) is 7.00. The first kappa shape index (κ1) is 10.9. The molecule has 0 bridgehead atoms. The van der Waals surface area contributed by atoms with Crippen LogP contribution in [0.1, 0.15) is 26.2 Å². The lowest BCUT2D eigenvalue weighted by molar-refractivity contribution is -0.137. The van der Waals surface area contributed by atoms with Crippen LogP contribution in [0.3, 0.4) is 0 Å². The van der Waals surface area contributed by atoms with E-state index in [4.69, 9.17) is 5.11 Å². The van der Waals surface area contributed by atoms with Gasteiger partial charge in [0.2, 0.25) is 5.91 Å². The van der Waals surface area contributed by atoms with Gasteiger partial charge in [0.05, 0.1) is 6.61 Å². The lowest BCUT2D eigenvalue weighted by atomic mass is 10.2. The molecule has 1 amide bonds. The lowest BCUT2D eigenvalue weighted by Gasteiger charge is -2.01. The molecule has 0 radical (unpaired) electrons. The maximum Gasteiger partial charge on any atom is 0.303 e. The number of rotatable bonds is 6. The molecular formula is C7H13NO4. The number of carboxylic acids is 1. The standard InChI is InChI=1S/C7H13NO4/c1-2-12-8-6(9)4-3-5-7(10)11/h2-5H2,1H3,(H,8,9)(H,10,11). The Morgan fingerprint density at radius 3 is 2.58 bits per heavy atom. The Morgan fingerprint density at radius 1 is 1.42 bits per heavy atom. The van der Waals surface area contributed by atoms with Crippen molar-refractivity contribution in [2.24, 2.45) is 0 Å². The number of nitrogens with one attached hydrogen (secondary N) is 1. The molecule has 2 N–H and O–H groups in total. The van der Waals surface area contributed by atoms with Crippen molar-refractivity contribution in [1.29, 1.82) is 0 Å². The molecule has 0 unspecified atom stereocenters. The third-order valence-corrected chi connectivity index (χ3v) is 1.12. The molecular weight excluding hydrogens is 162 g/mol. The predicted molar refractivity (Wildman–Crippen MR) is 41.3 cm³/mol. The second-order valence-corrected chi connectivity index (χ2v) is 2.21. The van der Waals surface area contributed by atoms with Gasteiger partial charge in [-0.05, 0) is 13.3 Å². The van der Waals surface area contributed by atoms with E-state index >= 15 is 0 Å². The Balaban J connectivity index is 3.25. The molecule has 0 aromatic heterocycles. The maximum atomic E-state index is 10.8. The minimum Gasteiger partial charge on any atom is -0.481 e. The number of carbonyl (C=O) groups is 2. The summed E-state index contributed by atoms with van der Waals surface area (Å²) in [6, 6.07) is 0. The zero-order valence-corrected chi connectivity index (χ0v) is 7.00. The summed E-state index contributed by atoms with van der Waals surface area (Å²) in [5.41, 5.74) is 2.17. The van der Waals surface area contributed by atoms with Crippen LogP contribution < -0.4 is 5.48 Å². The molecule has 12 heavy (non-hydrogen) atoms. The van der Waals surface area contributed by atoms with Crippen molar-refractivity contribution in [2.45, 2.75) is 26.2 Å². The Bertz CT molecular complexity index is 157. The fourth-order valence-electron chi connectivity index (χ4n) is 0.604. The van der Waals surface area contributed by atoms with Crippen LogP contribution in [0.15, 0.2) is 0 Å². The molecule has 0 spiro atoms. The zero-order chi connectivity index (χ0) is 9.40. The molecule has 5 heteroatoms. The summed E-state index contributed by atoms with van der Waals surface area (Å²) in [4.78, 5) is 25.4. The number of amides is 1. The third kappa shape index (κ3) is 7.01. The van der Waals surface area contributed by atoms with E-state index < -0.39 is 5.97 Å². The van der Waals surface area contributed by atoms with Crippen molar-refractivity contribution in [3.63, 3.8) is 0 Å². The van der Waals surface area contributed by atoms with Gasteiger partial charge in [-0.15, -0.1) is 0 Å². The van der Waals surface area contributed by atoms with Crippen LogP contribution in [-0.2, 0) is 14.4 Å². The highest BCUT2D eigenvalue weighted by molar-refractivity contribution is 5.75. The molecule has 0 aromatic carbocycles. The Labute approximate surface area is 70.7 Å². The number of hydroxylamine groups is 1. The van der Waals surface area contributed by atoms with Crippen molar-refractivity contribution in [2.75, 3.05) is 6.61 Å². The van der Waals surface area contributed by atoms with Crippen molar-refractivity contribution in [3.05, 3.63) is 0 Å². The Hall–Kier alpha value is -1.10. The third-order valence-electron chi connectivity index (χ3n) is 1.12. The highest BCUT2D eigenvalue weighted by Gasteiger charge is 2.02. The largest absolute Gasteiger partial charge is 0.481 e. The summed E-state index contributed by atoms with van der Waals surface area (Å²) in [5.74, 6) is -1.17. The van der Waals surface area contributed by atoms with Crippen LogP contribution in [0.25, 0.3) is 0 Å². The number of aliphatic carboxylic acids is 1. The van der Waals surface area contributed by atoms with E-state index in [0.29, 0.717) is 13.0 Å². The average molecular weight is 175 g/mol. The maximum absolute atomic E-state index is 10.8. The second-order valence-electron chi connectivity index (χ2n) is 2.21. The molecule has 0 saturated heterocycles. The minimum absolute atomic E-state index is 0.0134. The summed E-state index contributed by atoms with van der Waals surface area (Å²) in [6.45, 7) is 2.15. The molecule has 0 aliphatic carbocycles. The summed E-state index contributed by atoms with van der Waals surface area (Å²) in [5, 5.41) is 8.24. The molecule has 0 aliphatic rings. The van der Waals surface area contributed by atoms with E-state index in [1.165, 1.54) is 0 Å². The van der Waals surface area contributed by atoms with Crippen molar-refractivity contribution < 1.29 is 19.5 Å². The van der Waals surface area contributed by atoms with E-state index in [-0.39, 0.29) is 18.7 Å². The first-order valence-electron chi connectivity index (χ1n) is 3.79. The molecule has 0 atom stereocenters. The van der Waals surface area contributed by atoms with Gasteiger partial charge < -0.3 is 5.11 Å². The first-order chi connectivity index (χ1) is 5.66. The van der Waals surface area contributed by atoms with Gasteiger partial charge in [0.25, 0.3) is 0 Å². The summed E-state index contributed by atoms with van der Waals surface area (Å²) in [7, 11) is 0. The van der Waals surface area contributed by atoms with Gasteiger partial charge in [0.15, 0.2) is 0 Å². The molecule has 0 fully saturated rings. The summed E-state index contributed by atoms with van der Waals surface area (Å²) < 4.78 is 0. The first-order valence-corrected chi connectivity index (χ1v) is 3.79. The van der Waals surface area contributed by atoms with Gasteiger partial charge in [-0.1, -0.05) is 0 Å². The Morgan fingerprint density at radius 2 is 2.08 bits per heavy atom. The van der Waals surface area contributed by atoms with Crippen LogP contribution in [-0.4, -0.2) is 23.6 Å². The van der Waals surface area contributed by atoms with Crippen molar-refractivity contribution >= 4 is 11.9 Å². The topological polar surface area (TPSA) is 75.6 Å². The molecule has 0 heterocycles. The fourth-order valence-corrected chi connectivity index (χ4v) is 0.604. The number of hydrogen-bond acceptors (Lipinski definition) is 3.